The molecule has 258 valence electrons. The molecule has 3 aromatic carbocycles. The minimum Gasteiger partial charge on any atom is -0.308 e. The molecule has 54 heavy (non-hydrogen) atoms. The third-order valence-electron chi connectivity index (χ3n) is 9.76. The Morgan fingerprint density at radius 1 is 0.426 bits per heavy atom. The van der Waals surface area contributed by atoms with E-state index in [9.17, 15) is 13.2 Å². The lowest BCUT2D eigenvalue weighted by molar-refractivity contribution is -0.141. The number of rotatable bonds is 5. The molecule has 0 N–H and O–H groups in total. The average molecular weight is 710 g/mol. The van der Waals surface area contributed by atoms with Crippen molar-refractivity contribution < 1.29 is 13.2 Å². The van der Waals surface area contributed by atoms with Crippen LogP contribution < -0.4 is 0 Å². The highest BCUT2D eigenvalue weighted by molar-refractivity contribution is 6.09. The van der Waals surface area contributed by atoms with E-state index in [1.165, 1.54) is 6.07 Å². The molecular formula is C44H26F3N7. The fourth-order valence-electron chi connectivity index (χ4n) is 7.35. The highest BCUT2D eigenvalue weighted by atomic mass is 19.4. The van der Waals surface area contributed by atoms with Crippen LogP contribution in [0.4, 0.5) is 13.2 Å². The summed E-state index contributed by atoms with van der Waals surface area (Å²) < 4.78 is 45.7. The third kappa shape index (κ3) is 5.18. The van der Waals surface area contributed by atoms with Crippen LogP contribution in [0.2, 0.25) is 0 Å². The first-order valence-corrected chi connectivity index (χ1v) is 17.2. The Hall–Kier alpha value is -7.20. The van der Waals surface area contributed by atoms with Gasteiger partial charge in [-0.1, -0.05) is 60.7 Å². The van der Waals surface area contributed by atoms with E-state index in [0.29, 0.717) is 22.9 Å². The molecule has 0 bridgehead atoms. The molecule has 0 saturated carbocycles. The second-order valence-electron chi connectivity index (χ2n) is 13.0. The summed E-state index contributed by atoms with van der Waals surface area (Å²) in [6.45, 7) is 0. The van der Waals surface area contributed by atoms with E-state index >= 15 is 0 Å². The van der Waals surface area contributed by atoms with Gasteiger partial charge in [-0.15, -0.1) is 0 Å². The Kier molecular flexibility index (Phi) is 7.12. The van der Waals surface area contributed by atoms with Gasteiger partial charge in [0.1, 0.15) is 11.5 Å². The number of benzene rings is 3. The van der Waals surface area contributed by atoms with Gasteiger partial charge in [0.25, 0.3) is 0 Å². The van der Waals surface area contributed by atoms with E-state index in [2.05, 4.69) is 42.3 Å². The van der Waals surface area contributed by atoms with Crippen molar-refractivity contribution in [3.63, 3.8) is 0 Å². The molecule has 0 aliphatic heterocycles. The number of aromatic nitrogens is 7. The monoisotopic (exact) mass is 709 g/mol. The number of hydrogen-bond acceptors (Lipinski definition) is 5. The van der Waals surface area contributed by atoms with Crippen molar-refractivity contribution in [2.75, 3.05) is 0 Å². The van der Waals surface area contributed by atoms with Crippen LogP contribution in [0.1, 0.15) is 5.69 Å². The zero-order valence-corrected chi connectivity index (χ0v) is 28.3. The third-order valence-corrected chi connectivity index (χ3v) is 9.76. The van der Waals surface area contributed by atoms with Gasteiger partial charge in [-0.25, -0.2) is 15.0 Å². The molecule has 10 rings (SSSR count). The lowest BCUT2D eigenvalue weighted by atomic mass is 10.0. The zero-order valence-electron chi connectivity index (χ0n) is 28.3. The number of halogens is 3. The van der Waals surface area contributed by atoms with Crippen molar-refractivity contribution in [1.82, 2.24) is 34.1 Å². The van der Waals surface area contributed by atoms with Crippen LogP contribution in [-0.2, 0) is 6.18 Å². The van der Waals surface area contributed by atoms with Gasteiger partial charge in [-0.2, -0.15) is 13.2 Å². The number of hydrogen-bond donors (Lipinski definition) is 0. The first-order valence-electron chi connectivity index (χ1n) is 17.2. The lowest BCUT2D eigenvalue weighted by Crippen LogP contribution is -2.08. The van der Waals surface area contributed by atoms with Crippen molar-refractivity contribution in [1.29, 1.82) is 0 Å². The summed E-state index contributed by atoms with van der Waals surface area (Å²) in [6.07, 6.45) is 2.64. The van der Waals surface area contributed by atoms with Crippen molar-refractivity contribution in [3.8, 4) is 45.4 Å². The molecule has 0 amide bonds. The quantitative estimate of drug-likeness (QED) is 0.178. The smallest absolute Gasteiger partial charge is 0.308 e. The molecule has 0 spiro atoms. The Balaban J connectivity index is 1.13. The van der Waals surface area contributed by atoms with E-state index in [-0.39, 0.29) is 5.69 Å². The van der Waals surface area contributed by atoms with Gasteiger partial charge in [-0.05, 0) is 83.9 Å². The number of fused-ring (bicyclic) bond motifs is 6. The van der Waals surface area contributed by atoms with Crippen LogP contribution >= 0.6 is 0 Å². The van der Waals surface area contributed by atoms with Gasteiger partial charge < -0.3 is 4.57 Å². The molecule has 0 aliphatic rings. The Morgan fingerprint density at radius 2 is 0.981 bits per heavy atom. The molecule has 0 atom stereocenters. The highest BCUT2D eigenvalue weighted by Gasteiger charge is 2.32. The summed E-state index contributed by atoms with van der Waals surface area (Å²) >= 11 is 0. The Bertz CT molecular complexity index is 2950. The van der Waals surface area contributed by atoms with E-state index in [0.717, 1.165) is 66.5 Å². The van der Waals surface area contributed by atoms with Gasteiger partial charge in [0, 0.05) is 39.6 Å². The largest absolute Gasteiger partial charge is 0.433 e. The lowest BCUT2D eigenvalue weighted by Gasteiger charge is -2.13. The highest BCUT2D eigenvalue weighted by Crippen LogP contribution is 2.36. The van der Waals surface area contributed by atoms with Gasteiger partial charge in [-0.3, -0.25) is 14.5 Å². The van der Waals surface area contributed by atoms with E-state index < -0.39 is 11.9 Å². The van der Waals surface area contributed by atoms with Crippen molar-refractivity contribution in [2.24, 2.45) is 0 Å². The maximum atomic E-state index is 13.8. The molecule has 7 heterocycles. The first kappa shape index (κ1) is 31.5. The standard InChI is InChI=1S/C44H26F3N7/c45-44(46,47)42-13-5-9-34(51-42)36-23-28(27-15-17-29(18-16-27)53-38-11-3-1-7-30(38)32-19-21-48-25-40(32)53)24-37(50-36)35-10-6-14-43(52-35)54-39-12-4-2-8-31(39)33-20-22-49-26-41(33)54/h1-26H. The molecule has 10 aromatic rings. The predicted octanol–water partition coefficient (Wildman–Crippen LogP) is 10.9. The van der Waals surface area contributed by atoms with E-state index in [1.54, 1.807) is 24.5 Å². The molecule has 0 unspecified atom stereocenters. The van der Waals surface area contributed by atoms with E-state index in [1.807, 2.05) is 103 Å². The molecule has 0 radical (unpaired) electrons. The molecule has 0 aliphatic carbocycles. The van der Waals surface area contributed by atoms with Crippen LogP contribution in [0, 0.1) is 0 Å². The normalized spacial score (nSPS) is 12.0. The number of pyridine rings is 5. The van der Waals surface area contributed by atoms with Crippen LogP contribution in [0.25, 0.3) is 89.0 Å². The van der Waals surface area contributed by atoms with Crippen molar-refractivity contribution in [3.05, 3.63) is 164 Å². The summed E-state index contributed by atoms with van der Waals surface area (Å²) in [5.74, 6) is 0.655. The summed E-state index contributed by atoms with van der Waals surface area (Å²) in [4.78, 5) is 22.7. The summed E-state index contributed by atoms with van der Waals surface area (Å²) in [5, 5.41) is 4.35. The average Bonchev–Trinajstić information content (AvgIpc) is 3.74. The number of alkyl halides is 3. The maximum absolute atomic E-state index is 13.8. The minimum atomic E-state index is -4.61. The summed E-state index contributed by atoms with van der Waals surface area (Å²) in [7, 11) is 0. The van der Waals surface area contributed by atoms with E-state index in [4.69, 9.17) is 9.97 Å². The SMILES string of the molecule is FC(F)(F)c1cccc(-c2cc(-c3ccc(-n4c5ccccc5c5ccncc54)cc3)cc(-c3cccc(-n4c5ccccc5c5ccncc54)n3)n2)n1. The minimum absolute atomic E-state index is 0.104. The molecular weight excluding hydrogens is 684 g/mol. The Labute approximate surface area is 305 Å². The molecule has 7 nitrogen and oxygen atoms in total. The van der Waals surface area contributed by atoms with Gasteiger partial charge in [0.15, 0.2) is 0 Å². The molecule has 0 saturated heterocycles. The van der Waals surface area contributed by atoms with Crippen LogP contribution in [0.5, 0.6) is 0 Å². The van der Waals surface area contributed by atoms with Gasteiger partial charge in [0.05, 0.1) is 57.2 Å². The van der Waals surface area contributed by atoms with Crippen LogP contribution in [0.15, 0.2) is 158 Å². The fourth-order valence-corrected chi connectivity index (χ4v) is 7.35. The summed E-state index contributed by atoms with van der Waals surface area (Å²) in [6, 6.07) is 41.6. The fraction of sp³-hybridized carbons (Fsp3) is 0.0227. The molecule has 0 fully saturated rings. The van der Waals surface area contributed by atoms with Gasteiger partial charge >= 0.3 is 6.18 Å². The predicted molar refractivity (Wildman–Crippen MR) is 205 cm³/mol. The van der Waals surface area contributed by atoms with Crippen LogP contribution in [-0.4, -0.2) is 34.1 Å². The Morgan fingerprint density at radius 3 is 1.63 bits per heavy atom. The molecule has 7 aromatic heterocycles. The van der Waals surface area contributed by atoms with Gasteiger partial charge in [0.2, 0.25) is 0 Å². The summed E-state index contributed by atoms with van der Waals surface area (Å²) in [5.41, 5.74) is 6.90. The first-order chi connectivity index (χ1) is 26.4. The van der Waals surface area contributed by atoms with Crippen molar-refractivity contribution in [2.45, 2.75) is 6.18 Å². The topological polar surface area (TPSA) is 74.3 Å². The second kappa shape index (κ2) is 12.2. The number of para-hydroxylation sites is 2. The van der Waals surface area contributed by atoms with Crippen molar-refractivity contribution >= 4 is 43.6 Å². The number of nitrogens with zero attached hydrogens (tertiary/aromatic N) is 7. The second-order valence-corrected chi connectivity index (χ2v) is 13.0. The maximum Gasteiger partial charge on any atom is 0.433 e. The van der Waals surface area contributed by atoms with Crippen LogP contribution in [0.3, 0.4) is 0 Å². The molecule has 10 heteroatoms. The zero-order chi connectivity index (χ0) is 36.4.